The number of rotatable bonds is 8. The molecule has 3 N–H and O–H groups in total. The Balaban J connectivity index is 2.26. The van der Waals surface area contributed by atoms with Gasteiger partial charge in [0, 0.05) is 22.8 Å². The van der Waals surface area contributed by atoms with Crippen molar-refractivity contribution in [3.63, 3.8) is 0 Å². The minimum absolute atomic E-state index is 0.0199. The Hall–Kier alpha value is -2.98. The first-order valence-corrected chi connectivity index (χ1v) is 9.96. The highest BCUT2D eigenvalue weighted by molar-refractivity contribution is 8.00. The fourth-order valence-corrected chi connectivity index (χ4v) is 3.63. The molecule has 0 radical (unpaired) electrons. The molecular formula is C21H24N4O2S. The van der Waals surface area contributed by atoms with Crippen LogP contribution in [0.15, 0.2) is 40.8 Å². The average molecular weight is 397 g/mol. The Labute approximate surface area is 169 Å². The van der Waals surface area contributed by atoms with E-state index >= 15 is 0 Å². The number of benzene rings is 1. The number of hydrogen-bond acceptors (Lipinski definition) is 4. The first kappa shape index (κ1) is 21.3. The molecule has 2 amide bonds. The van der Waals surface area contributed by atoms with Crippen LogP contribution in [0.1, 0.15) is 30.3 Å². The summed E-state index contributed by atoms with van der Waals surface area (Å²) >= 11 is 1.24. The molecule has 1 aromatic carbocycles. The third kappa shape index (κ3) is 5.27. The van der Waals surface area contributed by atoms with E-state index in [0.717, 1.165) is 29.9 Å². The first-order valence-electron chi connectivity index (χ1n) is 8.97. The van der Waals surface area contributed by atoms with Crippen LogP contribution in [-0.4, -0.2) is 22.1 Å². The Kier molecular flexibility index (Phi) is 7.47. The zero-order valence-electron chi connectivity index (χ0n) is 16.3. The van der Waals surface area contributed by atoms with Crippen molar-refractivity contribution >= 4 is 35.3 Å². The monoisotopic (exact) mass is 396 g/mol. The highest BCUT2D eigenvalue weighted by Crippen LogP contribution is 2.27. The molecule has 28 heavy (non-hydrogen) atoms. The molecule has 0 unspecified atom stereocenters. The first-order chi connectivity index (χ1) is 13.4. The van der Waals surface area contributed by atoms with Gasteiger partial charge in [-0.25, -0.2) is 0 Å². The number of nitriles is 1. The van der Waals surface area contributed by atoms with Crippen LogP contribution in [0.4, 0.5) is 5.69 Å². The predicted octanol–water partition coefficient (Wildman–Crippen LogP) is 3.64. The lowest BCUT2D eigenvalue weighted by Gasteiger charge is -2.10. The molecule has 0 fully saturated rings. The maximum absolute atomic E-state index is 12.7. The van der Waals surface area contributed by atoms with Gasteiger partial charge in [0.05, 0.1) is 11.4 Å². The third-order valence-corrected chi connectivity index (χ3v) is 5.33. The average Bonchev–Trinajstić information content (AvgIpc) is 2.93. The van der Waals surface area contributed by atoms with Gasteiger partial charge in [0.15, 0.2) is 0 Å². The van der Waals surface area contributed by atoms with Crippen LogP contribution < -0.4 is 11.1 Å². The maximum atomic E-state index is 12.7. The Bertz CT molecular complexity index is 954. The summed E-state index contributed by atoms with van der Waals surface area (Å²) in [4.78, 5) is 24.4. The number of carbonyl (C=O) groups excluding carboxylic acids is 2. The number of amides is 2. The van der Waals surface area contributed by atoms with Gasteiger partial charge in [0.25, 0.3) is 5.91 Å². The van der Waals surface area contributed by atoms with Crippen LogP contribution in [0.3, 0.4) is 0 Å². The molecule has 0 aliphatic rings. The van der Waals surface area contributed by atoms with Crippen molar-refractivity contribution in [1.29, 1.82) is 5.26 Å². The van der Waals surface area contributed by atoms with E-state index in [1.165, 1.54) is 11.8 Å². The molecule has 7 heteroatoms. The molecule has 0 aliphatic carbocycles. The van der Waals surface area contributed by atoms with Crippen molar-refractivity contribution in [3.8, 4) is 6.07 Å². The quantitative estimate of drug-likeness (QED) is 0.404. The fourth-order valence-electron chi connectivity index (χ4n) is 2.88. The molecule has 0 atom stereocenters. The number of anilines is 1. The summed E-state index contributed by atoms with van der Waals surface area (Å²) in [5, 5.41) is 12.3. The highest BCUT2D eigenvalue weighted by Gasteiger charge is 2.14. The van der Waals surface area contributed by atoms with Gasteiger partial charge in [-0.05, 0) is 50.1 Å². The molecule has 1 aromatic heterocycles. The van der Waals surface area contributed by atoms with Gasteiger partial charge in [-0.1, -0.05) is 19.1 Å². The summed E-state index contributed by atoms with van der Waals surface area (Å²) in [5.41, 5.74) is 8.73. The number of aromatic nitrogens is 1. The van der Waals surface area contributed by atoms with Gasteiger partial charge in [-0.2, -0.15) is 5.26 Å². The van der Waals surface area contributed by atoms with Gasteiger partial charge < -0.3 is 15.6 Å². The minimum Gasteiger partial charge on any atom is -0.369 e. The molecule has 0 saturated heterocycles. The molecule has 0 spiro atoms. The van der Waals surface area contributed by atoms with Gasteiger partial charge in [0.2, 0.25) is 5.91 Å². The lowest BCUT2D eigenvalue weighted by atomic mass is 10.1. The van der Waals surface area contributed by atoms with Crippen LogP contribution in [0.2, 0.25) is 0 Å². The Morgan fingerprint density at radius 1 is 1.32 bits per heavy atom. The molecule has 2 rings (SSSR count). The van der Waals surface area contributed by atoms with E-state index in [2.05, 4.69) is 16.8 Å². The summed E-state index contributed by atoms with van der Waals surface area (Å²) in [6.45, 7) is 7.00. The van der Waals surface area contributed by atoms with Crippen molar-refractivity contribution < 1.29 is 9.59 Å². The van der Waals surface area contributed by atoms with Crippen molar-refractivity contribution in [3.05, 3.63) is 52.9 Å². The zero-order chi connectivity index (χ0) is 20.7. The largest absolute Gasteiger partial charge is 0.369 e. The van der Waals surface area contributed by atoms with Crippen molar-refractivity contribution in [2.45, 2.75) is 38.6 Å². The van der Waals surface area contributed by atoms with E-state index in [0.29, 0.717) is 10.6 Å². The number of nitrogens with two attached hydrogens (primary N) is 1. The van der Waals surface area contributed by atoms with Crippen molar-refractivity contribution in [2.75, 3.05) is 11.1 Å². The standard InChI is InChI=1S/C21H24N4O2S/c1-4-9-25-14(2)10-16(15(25)3)11-17(12-22)21(27)24-18-7-5-6-8-19(18)28-13-20(23)26/h5-8,10-11H,4,9,13H2,1-3H3,(H2,23,26)(H,24,27)/b17-11+. The van der Waals surface area contributed by atoms with E-state index in [1.54, 1.807) is 24.3 Å². The van der Waals surface area contributed by atoms with Crippen molar-refractivity contribution in [1.82, 2.24) is 4.57 Å². The Morgan fingerprint density at radius 3 is 2.68 bits per heavy atom. The zero-order valence-corrected chi connectivity index (χ0v) is 17.1. The maximum Gasteiger partial charge on any atom is 0.266 e. The number of carbonyl (C=O) groups is 2. The molecule has 0 saturated carbocycles. The van der Waals surface area contributed by atoms with Gasteiger partial charge >= 0.3 is 0 Å². The van der Waals surface area contributed by atoms with Crippen LogP contribution in [0, 0.1) is 25.2 Å². The number of hydrogen-bond donors (Lipinski definition) is 2. The summed E-state index contributed by atoms with van der Waals surface area (Å²) in [6, 6.07) is 11.1. The van der Waals surface area contributed by atoms with E-state index in [9.17, 15) is 14.9 Å². The van der Waals surface area contributed by atoms with E-state index in [4.69, 9.17) is 5.73 Å². The van der Waals surface area contributed by atoms with Crippen LogP contribution in [0.5, 0.6) is 0 Å². The second kappa shape index (κ2) is 9.81. The second-order valence-corrected chi connectivity index (χ2v) is 7.37. The van der Waals surface area contributed by atoms with E-state index < -0.39 is 11.8 Å². The molecule has 6 nitrogen and oxygen atoms in total. The summed E-state index contributed by atoms with van der Waals surface area (Å²) in [6.07, 6.45) is 2.62. The van der Waals surface area contributed by atoms with Crippen LogP contribution >= 0.6 is 11.8 Å². The number of para-hydroxylation sites is 1. The number of nitrogens with one attached hydrogen (secondary N) is 1. The Morgan fingerprint density at radius 2 is 2.04 bits per heavy atom. The summed E-state index contributed by atoms with van der Waals surface area (Å²) in [7, 11) is 0. The summed E-state index contributed by atoms with van der Waals surface area (Å²) in [5.74, 6) is -0.821. The SMILES string of the molecule is CCCn1c(C)cc(/C=C(\C#N)C(=O)Nc2ccccc2SCC(N)=O)c1C. The number of thioether (sulfide) groups is 1. The number of primary amides is 1. The van der Waals surface area contributed by atoms with Crippen molar-refractivity contribution in [2.24, 2.45) is 5.73 Å². The number of nitrogens with zero attached hydrogens (tertiary/aromatic N) is 2. The topological polar surface area (TPSA) is 101 Å². The van der Waals surface area contributed by atoms with E-state index in [-0.39, 0.29) is 11.3 Å². The smallest absolute Gasteiger partial charge is 0.266 e. The lowest BCUT2D eigenvalue weighted by Crippen LogP contribution is -2.15. The van der Waals surface area contributed by atoms with Crippen LogP contribution in [0.25, 0.3) is 6.08 Å². The second-order valence-electron chi connectivity index (χ2n) is 6.35. The molecule has 2 aromatic rings. The fraction of sp³-hybridized carbons (Fsp3) is 0.286. The van der Waals surface area contributed by atoms with Gasteiger partial charge in [-0.15, -0.1) is 11.8 Å². The van der Waals surface area contributed by atoms with Gasteiger partial charge in [0.1, 0.15) is 11.6 Å². The molecule has 146 valence electrons. The lowest BCUT2D eigenvalue weighted by molar-refractivity contribution is -0.115. The van der Waals surface area contributed by atoms with Crippen LogP contribution in [-0.2, 0) is 16.1 Å². The normalized spacial score (nSPS) is 11.1. The molecular weight excluding hydrogens is 372 g/mol. The third-order valence-electron chi connectivity index (χ3n) is 4.23. The molecule has 0 bridgehead atoms. The van der Waals surface area contributed by atoms with E-state index in [1.807, 2.05) is 32.0 Å². The molecule has 1 heterocycles. The highest BCUT2D eigenvalue weighted by atomic mass is 32.2. The number of aryl methyl sites for hydroxylation is 1. The minimum atomic E-state index is -0.491. The summed E-state index contributed by atoms with van der Waals surface area (Å²) < 4.78 is 2.18. The van der Waals surface area contributed by atoms with Gasteiger partial charge in [-0.3, -0.25) is 9.59 Å². The molecule has 0 aliphatic heterocycles. The predicted molar refractivity (Wildman–Crippen MR) is 113 cm³/mol.